The molecule has 0 spiro atoms. The molecule has 2 aromatic rings. The minimum absolute atomic E-state index is 0.196. The van der Waals surface area contributed by atoms with Crippen molar-refractivity contribution in [2.45, 2.75) is 0 Å². The number of benzene rings is 2. The van der Waals surface area contributed by atoms with E-state index in [0.29, 0.717) is 5.69 Å². The third-order valence-electron chi connectivity index (χ3n) is 2.74. The van der Waals surface area contributed by atoms with Crippen LogP contribution < -0.4 is 11.2 Å². The molecule has 0 unspecified atom stereocenters. The Bertz CT molecular complexity index is 666. The molecular formula is C16H14N2O3. The minimum Gasteiger partial charge on any atom is -0.370 e. The zero-order valence-corrected chi connectivity index (χ0v) is 11.2. The Balaban J connectivity index is 2.10. The lowest BCUT2D eigenvalue weighted by molar-refractivity contribution is -0.111. The third-order valence-corrected chi connectivity index (χ3v) is 2.74. The zero-order chi connectivity index (χ0) is 15.1. The predicted octanol–water partition coefficient (Wildman–Crippen LogP) is 2.37. The smallest absolute Gasteiger partial charge is 0.358 e. The molecular weight excluding hydrogens is 268 g/mol. The summed E-state index contributed by atoms with van der Waals surface area (Å²) in [4.78, 5) is 27.5. The average Bonchev–Trinajstić information content (AvgIpc) is 2.54. The van der Waals surface area contributed by atoms with Crippen LogP contribution >= 0.6 is 0 Å². The van der Waals surface area contributed by atoms with E-state index in [2.05, 4.69) is 10.2 Å². The van der Waals surface area contributed by atoms with Gasteiger partial charge in [0.25, 0.3) is 0 Å². The number of hydrogen-bond donors (Lipinski definition) is 2. The fraction of sp³-hybridized carbons (Fsp3) is 0. The van der Waals surface area contributed by atoms with Gasteiger partial charge in [-0.15, -0.1) is 0 Å². The molecule has 5 heteroatoms. The molecule has 1 amide bonds. The van der Waals surface area contributed by atoms with E-state index in [4.69, 9.17) is 5.90 Å². The highest BCUT2D eigenvalue weighted by Crippen LogP contribution is 2.15. The first-order valence-corrected chi connectivity index (χ1v) is 6.25. The van der Waals surface area contributed by atoms with E-state index in [1.54, 1.807) is 24.3 Å². The Morgan fingerprint density at radius 3 is 2.38 bits per heavy atom. The van der Waals surface area contributed by atoms with Crippen molar-refractivity contribution in [2.75, 3.05) is 5.32 Å². The fourth-order valence-electron chi connectivity index (χ4n) is 1.74. The number of anilines is 1. The minimum atomic E-state index is -0.710. The van der Waals surface area contributed by atoms with Crippen molar-refractivity contribution in [1.82, 2.24) is 0 Å². The van der Waals surface area contributed by atoms with Crippen LogP contribution in [0, 0.1) is 0 Å². The van der Waals surface area contributed by atoms with Gasteiger partial charge in [0.2, 0.25) is 5.91 Å². The van der Waals surface area contributed by atoms with Crippen LogP contribution in [0.1, 0.15) is 15.9 Å². The molecule has 0 aliphatic carbocycles. The molecule has 21 heavy (non-hydrogen) atoms. The van der Waals surface area contributed by atoms with Gasteiger partial charge in [-0.05, 0) is 23.8 Å². The van der Waals surface area contributed by atoms with Crippen LogP contribution in [-0.2, 0) is 9.63 Å². The van der Waals surface area contributed by atoms with Gasteiger partial charge < -0.3 is 10.2 Å². The van der Waals surface area contributed by atoms with Crippen LogP contribution in [-0.4, -0.2) is 11.9 Å². The second-order valence-corrected chi connectivity index (χ2v) is 4.18. The highest BCUT2D eigenvalue weighted by atomic mass is 16.7. The first-order chi connectivity index (χ1) is 10.2. The second kappa shape index (κ2) is 7.02. The predicted molar refractivity (Wildman–Crippen MR) is 80.2 cm³/mol. The average molecular weight is 282 g/mol. The standard InChI is InChI=1S/C16H14N2O3/c17-21-16(20)13-8-4-5-9-14(13)18-15(19)11-10-12-6-2-1-3-7-12/h1-11H,17H2,(H,18,19)/b11-10+. The van der Waals surface area contributed by atoms with Crippen LogP contribution in [0.3, 0.4) is 0 Å². The van der Waals surface area contributed by atoms with Crippen LogP contribution in [0.4, 0.5) is 5.69 Å². The van der Waals surface area contributed by atoms with Gasteiger partial charge >= 0.3 is 5.97 Å². The molecule has 0 aliphatic heterocycles. The maximum atomic E-state index is 11.9. The fourth-order valence-corrected chi connectivity index (χ4v) is 1.74. The summed E-state index contributed by atoms with van der Waals surface area (Å²) in [5.74, 6) is 3.80. The SMILES string of the molecule is NOC(=O)c1ccccc1NC(=O)/C=C/c1ccccc1. The molecule has 3 N–H and O–H groups in total. The molecule has 0 saturated heterocycles. The lowest BCUT2D eigenvalue weighted by atomic mass is 10.1. The van der Waals surface area contributed by atoms with Gasteiger partial charge in [-0.1, -0.05) is 42.5 Å². The number of carbonyl (C=O) groups excluding carboxylic acids is 2. The molecule has 106 valence electrons. The summed E-state index contributed by atoms with van der Waals surface area (Å²) >= 11 is 0. The first kappa shape index (κ1) is 14.5. The topological polar surface area (TPSA) is 81.4 Å². The van der Waals surface area contributed by atoms with Crippen LogP contribution in [0.2, 0.25) is 0 Å². The number of rotatable bonds is 4. The maximum Gasteiger partial charge on any atom is 0.358 e. The first-order valence-electron chi connectivity index (χ1n) is 6.25. The molecule has 2 aromatic carbocycles. The summed E-state index contributed by atoms with van der Waals surface area (Å²) in [5.41, 5.74) is 1.44. The second-order valence-electron chi connectivity index (χ2n) is 4.18. The van der Waals surface area contributed by atoms with Gasteiger partial charge in [-0.3, -0.25) is 4.79 Å². The molecule has 5 nitrogen and oxygen atoms in total. The number of hydrogen-bond acceptors (Lipinski definition) is 4. The van der Waals surface area contributed by atoms with Crippen molar-refractivity contribution in [3.8, 4) is 0 Å². The molecule has 2 rings (SSSR count). The van der Waals surface area contributed by atoms with Gasteiger partial charge in [0.05, 0.1) is 11.3 Å². The Hall–Kier alpha value is -2.92. The van der Waals surface area contributed by atoms with Crippen molar-refractivity contribution in [2.24, 2.45) is 5.90 Å². The van der Waals surface area contributed by atoms with Crippen molar-refractivity contribution in [1.29, 1.82) is 0 Å². The molecule has 0 aliphatic rings. The van der Waals surface area contributed by atoms with Crippen molar-refractivity contribution >= 4 is 23.6 Å². The zero-order valence-electron chi connectivity index (χ0n) is 11.2. The van der Waals surface area contributed by atoms with Crippen molar-refractivity contribution in [3.63, 3.8) is 0 Å². The Morgan fingerprint density at radius 2 is 1.67 bits per heavy atom. The van der Waals surface area contributed by atoms with E-state index in [0.717, 1.165) is 5.56 Å². The van der Waals surface area contributed by atoms with E-state index in [1.807, 2.05) is 30.3 Å². The highest BCUT2D eigenvalue weighted by molar-refractivity contribution is 6.06. The monoisotopic (exact) mass is 282 g/mol. The summed E-state index contributed by atoms with van der Waals surface area (Å²) in [5, 5.41) is 2.61. The van der Waals surface area contributed by atoms with E-state index < -0.39 is 5.97 Å². The summed E-state index contributed by atoms with van der Waals surface area (Å²) in [6, 6.07) is 15.9. The van der Waals surface area contributed by atoms with Gasteiger partial charge in [0, 0.05) is 6.08 Å². The normalized spacial score (nSPS) is 10.3. The number of para-hydroxylation sites is 1. The van der Waals surface area contributed by atoms with Gasteiger partial charge in [-0.2, -0.15) is 5.90 Å². The Kier molecular flexibility index (Phi) is 4.84. The summed E-state index contributed by atoms with van der Waals surface area (Å²) in [7, 11) is 0. The van der Waals surface area contributed by atoms with E-state index in [9.17, 15) is 9.59 Å². The Labute approximate surface area is 122 Å². The summed E-state index contributed by atoms with van der Waals surface area (Å²) < 4.78 is 0. The maximum absolute atomic E-state index is 11.9. The molecule has 0 fully saturated rings. The Morgan fingerprint density at radius 1 is 1.00 bits per heavy atom. The van der Waals surface area contributed by atoms with Gasteiger partial charge in [0.15, 0.2) is 0 Å². The van der Waals surface area contributed by atoms with Gasteiger partial charge in [-0.25, -0.2) is 4.79 Å². The molecule has 0 atom stereocenters. The molecule has 0 saturated carbocycles. The third kappa shape index (κ3) is 4.02. The number of carbonyl (C=O) groups is 2. The lowest BCUT2D eigenvalue weighted by Gasteiger charge is -2.07. The molecule has 0 aromatic heterocycles. The van der Waals surface area contributed by atoms with E-state index in [-0.39, 0.29) is 11.5 Å². The van der Waals surface area contributed by atoms with E-state index >= 15 is 0 Å². The molecule has 0 heterocycles. The van der Waals surface area contributed by atoms with Crippen molar-refractivity contribution in [3.05, 3.63) is 71.8 Å². The summed E-state index contributed by atoms with van der Waals surface area (Å²) in [6.45, 7) is 0. The molecule has 0 bridgehead atoms. The van der Waals surface area contributed by atoms with Crippen LogP contribution in [0.5, 0.6) is 0 Å². The van der Waals surface area contributed by atoms with E-state index in [1.165, 1.54) is 12.1 Å². The lowest BCUT2D eigenvalue weighted by Crippen LogP contribution is -2.15. The largest absolute Gasteiger partial charge is 0.370 e. The summed E-state index contributed by atoms with van der Waals surface area (Å²) in [6.07, 6.45) is 3.07. The van der Waals surface area contributed by atoms with Crippen LogP contribution in [0.25, 0.3) is 6.08 Å². The van der Waals surface area contributed by atoms with Crippen LogP contribution in [0.15, 0.2) is 60.7 Å². The number of nitrogens with one attached hydrogen (secondary N) is 1. The molecule has 0 radical (unpaired) electrons. The quantitative estimate of drug-likeness (QED) is 0.666. The number of amides is 1. The van der Waals surface area contributed by atoms with Crippen molar-refractivity contribution < 1.29 is 14.4 Å². The number of nitrogens with two attached hydrogens (primary N) is 1. The highest BCUT2D eigenvalue weighted by Gasteiger charge is 2.12. The van der Waals surface area contributed by atoms with Gasteiger partial charge in [0.1, 0.15) is 0 Å².